The van der Waals surface area contributed by atoms with Crippen LogP contribution in [0, 0.1) is 5.82 Å². The van der Waals surface area contributed by atoms with E-state index in [-0.39, 0.29) is 28.6 Å². The molecule has 0 atom stereocenters. The maximum atomic E-state index is 13.3. The van der Waals surface area contributed by atoms with Gasteiger partial charge < -0.3 is 25.5 Å². The summed E-state index contributed by atoms with van der Waals surface area (Å²) in [5.74, 6) is -3.99. The molecule has 1 saturated heterocycles. The van der Waals surface area contributed by atoms with Gasteiger partial charge in [0.05, 0.1) is 22.8 Å². The second-order valence-corrected chi connectivity index (χ2v) is 10.5. The van der Waals surface area contributed by atoms with E-state index < -0.39 is 33.9 Å². The number of amides is 2. The molecule has 41 heavy (non-hydrogen) atoms. The summed E-state index contributed by atoms with van der Waals surface area (Å²) in [5.41, 5.74) is 1.11. The van der Waals surface area contributed by atoms with E-state index in [9.17, 15) is 35.6 Å². The van der Waals surface area contributed by atoms with Gasteiger partial charge in [0.25, 0.3) is 15.9 Å². The van der Waals surface area contributed by atoms with Crippen molar-refractivity contribution in [3.8, 4) is 0 Å². The van der Waals surface area contributed by atoms with E-state index in [0.717, 1.165) is 31.6 Å². The van der Waals surface area contributed by atoms with Crippen LogP contribution in [0.15, 0.2) is 47.4 Å². The third-order valence-electron chi connectivity index (χ3n) is 5.61. The number of carboxylic acid groups (broad SMARTS) is 1. The van der Waals surface area contributed by atoms with Gasteiger partial charge in [-0.1, -0.05) is 6.92 Å². The van der Waals surface area contributed by atoms with Gasteiger partial charge in [-0.15, -0.1) is 0 Å². The molecule has 0 radical (unpaired) electrons. The van der Waals surface area contributed by atoms with Gasteiger partial charge in [-0.2, -0.15) is 13.2 Å². The number of rotatable bonds is 9. The van der Waals surface area contributed by atoms with Crippen LogP contribution in [0.1, 0.15) is 23.7 Å². The number of alkyl halides is 3. The van der Waals surface area contributed by atoms with Crippen molar-refractivity contribution in [2.45, 2.75) is 24.4 Å². The average molecular weight is 606 g/mol. The molecule has 0 spiro atoms. The predicted molar refractivity (Wildman–Crippen MR) is 143 cm³/mol. The highest BCUT2D eigenvalue weighted by Gasteiger charge is 2.38. The zero-order valence-electron chi connectivity index (χ0n) is 22.3. The monoisotopic (exact) mass is 605 g/mol. The van der Waals surface area contributed by atoms with Gasteiger partial charge in [0, 0.05) is 45.3 Å². The number of hydrogen-bond donors (Lipinski definition) is 4. The molecule has 3 rings (SSSR count). The number of carbonyl (C=O) groups is 3. The molecule has 1 heterocycles. The van der Waals surface area contributed by atoms with Crippen LogP contribution in [-0.2, 0) is 19.6 Å². The van der Waals surface area contributed by atoms with Gasteiger partial charge in [0.2, 0.25) is 5.91 Å². The first kappa shape index (κ1) is 33.3. The largest absolute Gasteiger partial charge is 0.490 e. The van der Waals surface area contributed by atoms with Crippen molar-refractivity contribution in [3.63, 3.8) is 0 Å². The Hall–Kier alpha value is -3.92. The Morgan fingerprint density at radius 3 is 2.20 bits per heavy atom. The molecule has 0 aliphatic carbocycles. The molecule has 0 saturated carbocycles. The van der Waals surface area contributed by atoms with Crippen LogP contribution in [0.4, 0.5) is 28.9 Å². The van der Waals surface area contributed by atoms with Gasteiger partial charge in [0.15, 0.2) is 0 Å². The van der Waals surface area contributed by atoms with E-state index in [1.54, 1.807) is 12.1 Å². The van der Waals surface area contributed by atoms with E-state index in [1.807, 2.05) is 11.8 Å². The highest BCUT2D eigenvalue weighted by Crippen LogP contribution is 2.30. The number of anilines is 2. The van der Waals surface area contributed by atoms with Gasteiger partial charge in [-0.05, 0) is 48.9 Å². The Bertz CT molecular complexity index is 1320. The highest BCUT2D eigenvalue weighted by molar-refractivity contribution is 7.92. The fraction of sp³-hybridized carbons (Fsp3) is 0.400. The summed E-state index contributed by atoms with van der Waals surface area (Å²) >= 11 is 0. The van der Waals surface area contributed by atoms with Crippen LogP contribution in [0.5, 0.6) is 0 Å². The molecule has 2 amide bonds. The van der Waals surface area contributed by atoms with E-state index in [4.69, 9.17) is 9.90 Å². The van der Waals surface area contributed by atoms with Crippen LogP contribution in [-0.4, -0.2) is 88.7 Å². The summed E-state index contributed by atoms with van der Waals surface area (Å²) in [5, 5.41) is 13.1. The summed E-state index contributed by atoms with van der Waals surface area (Å²) < 4.78 is 73.6. The smallest absolute Gasteiger partial charge is 0.475 e. The molecular formula is C25H31F4N5O6S. The number of nitrogens with zero attached hydrogens (tertiary/aromatic N) is 2. The number of sulfonamides is 1. The maximum absolute atomic E-state index is 13.3. The molecule has 1 aliphatic heterocycles. The molecule has 4 N–H and O–H groups in total. The number of nitrogens with one attached hydrogen (secondary N) is 3. The molecule has 1 fully saturated rings. The molecule has 11 nitrogen and oxygen atoms in total. The summed E-state index contributed by atoms with van der Waals surface area (Å²) in [6.45, 7) is 5.14. The SMILES string of the molecule is CCCNC(=O)CN(C)C(=O)c1ccc(N2CCNCC2)c(NS(=O)(=O)c2ccc(F)cc2)c1.O=C(O)C(F)(F)F. The van der Waals surface area contributed by atoms with Crippen molar-refractivity contribution in [2.24, 2.45) is 0 Å². The zero-order chi connectivity index (χ0) is 30.8. The Kier molecular flexibility index (Phi) is 11.9. The van der Waals surface area contributed by atoms with Crippen LogP contribution in [0.3, 0.4) is 0 Å². The van der Waals surface area contributed by atoms with Crippen molar-refractivity contribution < 1.29 is 45.5 Å². The van der Waals surface area contributed by atoms with E-state index in [0.29, 0.717) is 25.3 Å². The maximum Gasteiger partial charge on any atom is 0.490 e. The molecule has 0 bridgehead atoms. The highest BCUT2D eigenvalue weighted by atomic mass is 32.2. The fourth-order valence-corrected chi connectivity index (χ4v) is 4.64. The molecular weight excluding hydrogens is 574 g/mol. The van der Waals surface area contributed by atoms with Gasteiger partial charge in [0.1, 0.15) is 5.82 Å². The Balaban J connectivity index is 0.000000745. The topological polar surface area (TPSA) is 148 Å². The number of aliphatic carboxylic acids is 1. The number of piperazine rings is 1. The van der Waals surface area contributed by atoms with Gasteiger partial charge in [-0.3, -0.25) is 14.3 Å². The lowest BCUT2D eigenvalue weighted by Gasteiger charge is -2.31. The molecule has 0 unspecified atom stereocenters. The van der Waals surface area contributed by atoms with Crippen molar-refractivity contribution in [1.29, 1.82) is 0 Å². The minimum atomic E-state index is -5.08. The number of carboxylic acids is 1. The molecule has 16 heteroatoms. The standard InChI is InChI=1S/C23H30FN5O4S.C2HF3O2/c1-3-10-26-22(30)16-28(2)23(31)17-4-9-21(29-13-11-25-12-14-29)20(15-17)27-34(32,33)19-7-5-18(24)6-8-19;3-2(4,5)1(6)7/h4-9,15,25,27H,3,10-14,16H2,1-2H3,(H,26,30);(H,6,7). The van der Waals surface area contributed by atoms with Crippen LogP contribution >= 0.6 is 0 Å². The van der Waals surface area contributed by atoms with E-state index >= 15 is 0 Å². The van der Waals surface area contributed by atoms with Crippen LogP contribution in [0.2, 0.25) is 0 Å². The zero-order valence-corrected chi connectivity index (χ0v) is 23.1. The van der Waals surface area contributed by atoms with Crippen molar-refractivity contribution in [1.82, 2.24) is 15.5 Å². The molecule has 2 aromatic carbocycles. The summed E-state index contributed by atoms with van der Waals surface area (Å²) in [7, 11) is -2.52. The third kappa shape index (κ3) is 10.2. The second-order valence-electron chi connectivity index (χ2n) is 8.84. The first-order chi connectivity index (χ1) is 19.2. The lowest BCUT2D eigenvalue weighted by molar-refractivity contribution is -0.192. The first-order valence-electron chi connectivity index (χ1n) is 12.4. The van der Waals surface area contributed by atoms with Gasteiger partial charge >= 0.3 is 12.1 Å². The third-order valence-corrected chi connectivity index (χ3v) is 6.99. The molecule has 226 valence electrons. The number of halogens is 4. The number of benzene rings is 2. The van der Waals surface area contributed by atoms with Crippen molar-refractivity contribution >= 4 is 39.2 Å². The Morgan fingerprint density at radius 1 is 1.07 bits per heavy atom. The minimum absolute atomic E-state index is 0.0957. The summed E-state index contributed by atoms with van der Waals surface area (Å²) in [6, 6.07) is 9.30. The van der Waals surface area contributed by atoms with E-state index in [2.05, 4.69) is 15.4 Å². The summed E-state index contributed by atoms with van der Waals surface area (Å²) in [4.78, 5) is 37.1. The first-order valence-corrected chi connectivity index (χ1v) is 13.8. The normalized spacial score (nSPS) is 13.5. The fourth-order valence-electron chi connectivity index (χ4n) is 3.58. The lowest BCUT2D eigenvalue weighted by Crippen LogP contribution is -2.44. The number of likely N-dealkylation sites (N-methyl/N-ethyl adjacent to an activating group) is 1. The van der Waals surface area contributed by atoms with Crippen molar-refractivity contribution in [3.05, 3.63) is 53.8 Å². The van der Waals surface area contributed by atoms with Gasteiger partial charge in [-0.25, -0.2) is 17.6 Å². The van der Waals surface area contributed by atoms with Crippen LogP contribution in [0.25, 0.3) is 0 Å². The second kappa shape index (κ2) is 14.6. The molecule has 1 aliphatic rings. The minimum Gasteiger partial charge on any atom is -0.475 e. The van der Waals surface area contributed by atoms with Crippen molar-refractivity contribution in [2.75, 3.05) is 55.9 Å². The average Bonchev–Trinajstić information content (AvgIpc) is 2.91. The lowest BCUT2D eigenvalue weighted by atomic mass is 10.1. The number of hydrogen-bond acceptors (Lipinski definition) is 7. The van der Waals surface area contributed by atoms with E-state index in [1.165, 1.54) is 30.1 Å². The molecule has 2 aromatic rings. The molecule has 0 aromatic heterocycles. The summed E-state index contributed by atoms with van der Waals surface area (Å²) in [6.07, 6.45) is -4.30. The predicted octanol–water partition coefficient (Wildman–Crippen LogP) is 2.27. The Labute approximate surface area is 234 Å². The Morgan fingerprint density at radius 2 is 1.66 bits per heavy atom. The quantitative estimate of drug-likeness (QED) is 0.318. The number of carbonyl (C=O) groups excluding carboxylic acids is 2. The van der Waals surface area contributed by atoms with Crippen LogP contribution < -0.4 is 20.3 Å².